The Bertz CT molecular complexity index is 310. The van der Waals surface area contributed by atoms with E-state index in [9.17, 15) is 0 Å². The first-order valence-electron chi connectivity index (χ1n) is 6.00. The zero-order chi connectivity index (χ0) is 11.8. The van der Waals surface area contributed by atoms with E-state index in [1.165, 1.54) is 24.0 Å². The summed E-state index contributed by atoms with van der Waals surface area (Å²) in [7, 11) is 0. The summed E-state index contributed by atoms with van der Waals surface area (Å²) in [6, 6.07) is 6.31. The van der Waals surface area contributed by atoms with Crippen molar-refractivity contribution in [2.24, 2.45) is 0 Å². The van der Waals surface area contributed by atoms with Gasteiger partial charge in [-0.3, -0.25) is 0 Å². The lowest BCUT2D eigenvalue weighted by Gasteiger charge is -2.09. The van der Waals surface area contributed by atoms with Gasteiger partial charge in [0.25, 0.3) is 0 Å². The second kappa shape index (κ2) is 7.56. The predicted octanol–water partition coefficient (Wildman–Crippen LogP) is 4.48. The van der Waals surface area contributed by atoms with E-state index in [4.69, 9.17) is 16.3 Å². The number of hydrogen-bond donors (Lipinski definition) is 0. The molecule has 2 heteroatoms. The summed E-state index contributed by atoms with van der Waals surface area (Å²) in [6.07, 6.45) is 4.65. The molecule has 0 radical (unpaired) electrons. The van der Waals surface area contributed by atoms with Crippen LogP contribution in [0.3, 0.4) is 0 Å². The van der Waals surface area contributed by atoms with Crippen molar-refractivity contribution in [1.82, 2.24) is 0 Å². The molecule has 1 aromatic carbocycles. The lowest BCUT2D eigenvalue weighted by molar-refractivity contribution is 0.303. The van der Waals surface area contributed by atoms with E-state index in [2.05, 4.69) is 32.0 Å². The fourth-order valence-electron chi connectivity index (χ4n) is 1.69. The van der Waals surface area contributed by atoms with Crippen LogP contribution in [-0.4, -0.2) is 12.5 Å². The summed E-state index contributed by atoms with van der Waals surface area (Å²) >= 11 is 5.61. The molecule has 0 atom stereocenters. The van der Waals surface area contributed by atoms with Crippen molar-refractivity contribution in [3.63, 3.8) is 0 Å². The highest BCUT2D eigenvalue weighted by Crippen LogP contribution is 2.19. The van der Waals surface area contributed by atoms with Gasteiger partial charge in [0.1, 0.15) is 5.75 Å². The van der Waals surface area contributed by atoms with Crippen LogP contribution in [0, 0.1) is 13.8 Å². The first-order valence-corrected chi connectivity index (χ1v) is 6.53. The first kappa shape index (κ1) is 13.4. The summed E-state index contributed by atoms with van der Waals surface area (Å²) in [5, 5.41) is 0. The molecule has 0 amide bonds. The van der Waals surface area contributed by atoms with Crippen molar-refractivity contribution in [3.05, 3.63) is 29.3 Å². The summed E-state index contributed by atoms with van der Waals surface area (Å²) in [4.78, 5) is 0. The van der Waals surface area contributed by atoms with Gasteiger partial charge in [-0.1, -0.05) is 30.5 Å². The van der Waals surface area contributed by atoms with Gasteiger partial charge in [-0.15, -0.1) is 11.6 Å². The normalized spacial score (nSPS) is 10.4. The van der Waals surface area contributed by atoms with Gasteiger partial charge < -0.3 is 4.74 Å². The van der Waals surface area contributed by atoms with Gasteiger partial charge >= 0.3 is 0 Å². The van der Waals surface area contributed by atoms with Crippen molar-refractivity contribution in [3.8, 4) is 5.75 Å². The average molecular weight is 241 g/mol. The molecule has 0 N–H and O–H groups in total. The van der Waals surface area contributed by atoms with Crippen molar-refractivity contribution in [1.29, 1.82) is 0 Å². The highest BCUT2D eigenvalue weighted by Gasteiger charge is 1.98. The number of halogens is 1. The Morgan fingerprint density at radius 2 is 1.81 bits per heavy atom. The predicted molar refractivity (Wildman–Crippen MR) is 70.6 cm³/mol. The number of unbranched alkanes of at least 4 members (excludes halogenated alkanes) is 3. The Kier molecular flexibility index (Phi) is 6.32. The van der Waals surface area contributed by atoms with E-state index in [1.54, 1.807) is 0 Å². The van der Waals surface area contributed by atoms with Gasteiger partial charge in [0, 0.05) is 5.88 Å². The molecule has 90 valence electrons. The van der Waals surface area contributed by atoms with Crippen molar-refractivity contribution in [2.45, 2.75) is 39.5 Å². The maximum Gasteiger partial charge on any atom is 0.122 e. The third-order valence-corrected chi connectivity index (χ3v) is 2.88. The zero-order valence-electron chi connectivity index (χ0n) is 10.3. The Balaban J connectivity index is 2.21. The minimum atomic E-state index is 0.776. The maximum absolute atomic E-state index is 5.74. The minimum absolute atomic E-state index is 0.776. The molecule has 0 aliphatic carbocycles. The molecule has 0 saturated heterocycles. The topological polar surface area (TPSA) is 9.23 Å². The van der Waals surface area contributed by atoms with E-state index in [0.29, 0.717) is 0 Å². The average Bonchev–Trinajstić information content (AvgIpc) is 2.26. The van der Waals surface area contributed by atoms with Gasteiger partial charge in [0.15, 0.2) is 0 Å². The molecule has 16 heavy (non-hydrogen) atoms. The zero-order valence-corrected chi connectivity index (χ0v) is 11.0. The second-order valence-corrected chi connectivity index (χ2v) is 4.60. The number of rotatable bonds is 7. The molecule has 0 unspecified atom stereocenters. The Hall–Kier alpha value is -0.690. The highest BCUT2D eigenvalue weighted by molar-refractivity contribution is 6.17. The van der Waals surface area contributed by atoms with Crippen LogP contribution in [0.25, 0.3) is 0 Å². The van der Waals surface area contributed by atoms with Crippen LogP contribution in [0.2, 0.25) is 0 Å². The molecule has 0 aliphatic rings. The molecule has 1 nitrogen and oxygen atoms in total. The second-order valence-electron chi connectivity index (χ2n) is 4.22. The van der Waals surface area contributed by atoms with Crippen LogP contribution in [0.15, 0.2) is 18.2 Å². The molecule has 0 aliphatic heterocycles. The van der Waals surface area contributed by atoms with Gasteiger partial charge in [-0.2, -0.15) is 0 Å². The minimum Gasteiger partial charge on any atom is -0.493 e. The molecule has 1 rings (SSSR count). The van der Waals surface area contributed by atoms with Crippen LogP contribution < -0.4 is 4.74 Å². The molecule has 0 fully saturated rings. The van der Waals surface area contributed by atoms with E-state index in [-0.39, 0.29) is 0 Å². The third-order valence-electron chi connectivity index (χ3n) is 2.62. The molecule has 0 saturated carbocycles. The van der Waals surface area contributed by atoms with E-state index < -0.39 is 0 Å². The molecule has 0 aromatic heterocycles. The van der Waals surface area contributed by atoms with Crippen molar-refractivity contribution >= 4 is 11.6 Å². The highest BCUT2D eigenvalue weighted by atomic mass is 35.5. The van der Waals surface area contributed by atoms with E-state index >= 15 is 0 Å². The SMILES string of the molecule is Cc1ccc(OCCCCCCCl)c(C)c1. The fraction of sp³-hybridized carbons (Fsp3) is 0.571. The molecule has 0 heterocycles. The van der Waals surface area contributed by atoms with Gasteiger partial charge in [0.05, 0.1) is 6.61 Å². The Labute approximate surface area is 104 Å². The summed E-state index contributed by atoms with van der Waals surface area (Å²) in [6.45, 7) is 5.00. The maximum atomic E-state index is 5.74. The number of benzene rings is 1. The van der Waals surface area contributed by atoms with Crippen LogP contribution in [0.4, 0.5) is 0 Å². The number of ether oxygens (including phenoxy) is 1. The van der Waals surface area contributed by atoms with Crippen LogP contribution in [0.1, 0.15) is 36.8 Å². The first-order chi connectivity index (χ1) is 7.74. The summed E-state index contributed by atoms with van der Waals surface area (Å²) in [5.74, 6) is 1.79. The van der Waals surface area contributed by atoms with Crippen LogP contribution in [-0.2, 0) is 0 Å². The smallest absolute Gasteiger partial charge is 0.122 e. The van der Waals surface area contributed by atoms with Crippen LogP contribution >= 0.6 is 11.6 Å². The molecule has 1 aromatic rings. The molecule has 0 spiro atoms. The Morgan fingerprint density at radius 1 is 1.06 bits per heavy atom. The van der Waals surface area contributed by atoms with Crippen LogP contribution in [0.5, 0.6) is 5.75 Å². The van der Waals surface area contributed by atoms with Gasteiger partial charge in [0.2, 0.25) is 0 Å². The van der Waals surface area contributed by atoms with Crippen molar-refractivity contribution < 1.29 is 4.74 Å². The fourth-order valence-corrected chi connectivity index (χ4v) is 1.88. The number of alkyl halides is 1. The Morgan fingerprint density at radius 3 is 2.50 bits per heavy atom. The van der Waals surface area contributed by atoms with E-state index in [1.807, 2.05) is 0 Å². The number of hydrogen-bond acceptors (Lipinski definition) is 1. The van der Waals surface area contributed by atoms with Gasteiger partial charge in [-0.05, 0) is 38.3 Å². The quantitative estimate of drug-likeness (QED) is 0.504. The largest absolute Gasteiger partial charge is 0.493 e. The molecule has 0 bridgehead atoms. The standard InChI is InChI=1S/C14H21ClO/c1-12-7-8-14(13(2)11-12)16-10-6-4-3-5-9-15/h7-8,11H,3-6,9-10H2,1-2H3. The lowest BCUT2D eigenvalue weighted by Crippen LogP contribution is -1.99. The van der Waals surface area contributed by atoms with E-state index in [0.717, 1.165) is 31.1 Å². The third kappa shape index (κ3) is 4.89. The van der Waals surface area contributed by atoms with Gasteiger partial charge in [-0.25, -0.2) is 0 Å². The lowest BCUT2D eigenvalue weighted by atomic mass is 10.1. The summed E-state index contributed by atoms with van der Waals surface area (Å²) < 4.78 is 5.74. The summed E-state index contributed by atoms with van der Waals surface area (Å²) in [5.41, 5.74) is 2.51. The monoisotopic (exact) mass is 240 g/mol. The number of aryl methyl sites for hydroxylation is 2. The van der Waals surface area contributed by atoms with Crippen molar-refractivity contribution in [2.75, 3.05) is 12.5 Å². The molecular weight excluding hydrogens is 220 g/mol. The molecular formula is C14H21ClO.